The Labute approximate surface area is 180 Å². The lowest BCUT2D eigenvalue weighted by atomic mass is 10.1. The Morgan fingerprint density at radius 3 is 2.54 bits per heavy atom. The van der Waals surface area contributed by atoms with E-state index in [9.17, 15) is 0 Å². The van der Waals surface area contributed by atoms with E-state index in [2.05, 4.69) is 67.1 Å². The van der Waals surface area contributed by atoms with E-state index in [4.69, 9.17) is 23.2 Å². The molecule has 0 aliphatic rings. The fraction of sp³-hybridized carbons (Fsp3) is 0.167. The summed E-state index contributed by atoms with van der Waals surface area (Å²) in [5.41, 5.74) is 6.42. The fourth-order valence-electron chi connectivity index (χ4n) is 3.40. The number of halogens is 2. The van der Waals surface area contributed by atoms with Crippen LogP contribution >= 0.6 is 35.0 Å². The maximum absolute atomic E-state index is 6.17. The lowest BCUT2D eigenvalue weighted by Gasteiger charge is -2.09. The number of hydrogen-bond donors (Lipinski definition) is 0. The monoisotopic (exact) mass is 425 g/mol. The van der Waals surface area contributed by atoms with Gasteiger partial charge < -0.3 is 4.57 Å². The van der Waals surface area contributed by atoms with Crippen molar-refractivity contribution in [3.63, 3.8) is 0 Å². The zero-order valence-corrected chi connectivity index (χ0v) is 18.2. The van der Waals surface area contributed by atoms with Crippen molar-refractivity contribution in [2.75, 3.05) is 0 Å². The summed E-state index contributed by atoms with van der Waals surface area (Å²) >= 11 is 14.0. The first-order chi connectivity index (χ1) is 13.5. The van der Waals surface area contributed by atoms with Gasteiger partial charge in [-0.2, -0.15) is 0 Å². The first kappa shape index (κ1) is 19.4. The van der Waals surface area contributed by atoms with Crippen molar-refractivity contribution in [2.45, 2.75) is 31.0 Å². The standard InChI is InChI=1S/C24H21Cl2NS/c1-16-7-8-17(2)19(11-16)13-27-14-24(20-5-3-4-6-23(20)27)28-15-18-9-10-21(25)22(26)12-18/h3-12,14H,13,15H2,1-2H3. The zero-order chi connectivity index (χ0) is 19.7. The van der Waals surface area contributed by atoms with Crippen molar-refractivity contribution >= 4 is 45.9 Å². The minimum atomic E-state index is 0.598. The molecule has 0 spiro atoms. The molecule has 0 bridgehead atoms. The van der Waals surface area contributed by atoms with Gasteiger partial charge in [0.1, 0.15) is 0 Å². The second-order valence-electron chi connectivity index (χ2n) is 7.11. The number of benzene rings is 3. The molecule has 1 aromatic heterocycles. The minimum Gasteiger partial charge on any atom is -0.342 e. The van der Waals surface area contributed by atoms with Gasteiger partial charge in [0.05, 0.1) is 10.0 Å². The molecule has 1 nitrogen and oxygen atoms in total. The van der Waals surface area contributed by atoms with Crippen LogP contribution in [0.3, 0.4) is 0 Å². The Morgan fingerprint density at radius 1 is 0.893 bits per heavy atom. The van der Waals surface area contributed by atoms with Crippen molar-refractivity contribution in [1.29, 1.82) is 0 Å². The lowest BCUT2D eigenvalue weighted by molar-refractivity contribution is 0.823. The Hall–Kier alpha value is -1.87. The quantitative estimate of drug-likeness (QED) is 0.294. The van der Waals surface area contributed by atoms with E-state index in [1.54, 1.807) is 0 Å². The van der Waals surface area contributed by atoms with Gasteiger partial charge in [0, 0.05) is 34.3 Å². The van der Waals surface area contributed by atoms with E-state index < -0.39 is 0 Å². The summed E-state index contributed by atoms with van der Waals surface area (Å²) in [5.74, 6) is 0.856. The van der Waals surface area contributed by atoms with Gasteiger partial charge >= 0.3 is 0 Å². The van der Waals surface area contributed by atoms with Crippen LogP contribution in [0.1, 0.15) is 22.3 Å². The number of para-hydroxylation sites is 1. The van der Waals surface area contributed by atoms with Crippen molar-refractivity contribution < 1.29 is 0 Å². The molecular weight excluding hydrogens is 405 g/mol. The molecule has 0 aliphatic heterocycles. The van der Waals surface area contributed by atoms with Crippen molar-refractivity contribution in [2.24, 2.45) is 0 Å². The molecule has 142 valence electrons. The smallest absolute Gasteiger partial charge is 0.0595 e. The van der Waals surface area contributed by atoms with Gasteiger partial charge in [-0.05, 0) is 48.7 Å². The van der Waals surface area contributed by atoms with Crippen LogP contribution in [0.4, 0.5) is 0 Å². The van der Waals surface area contributed by atoms with Gasteiger partial charge in [-0.1, -0.05) is 71.2 Å². The van der Waals surface area contributed by atoms with E-state index >= 15 is 0 Å². The summed E-state index contributed by atoms with van der Waals surface area (Å²) in [6.45, 7) is 5.21. The molecule has 0 saturated carbocycles. The van der Waals surface area contributed by atoms with Crippen molar-refractivity contribution in [1.82, 2.24) is 4.57 Å². The molecule has 0 amide bonds. The molecule has 0 fully saturated rings. The molecule has 0 unspecified atom stereocenters. The second-order valence-corrected chi connectivity index (χ2v) is 8.94. The van der Waals surface area contributed by atoms with Gasteiger partial charge in [0.25, 0.3) is 0 Å². The first-order valence-electron chi connectivity index (χ1n) is 9.22. The van der Waals surface area contributed by atoms with Crippen LogP contribution in [0.15, 0.2) is 71.8 Å². The highest BCUT2D eigenvalue weighted by atomic mass is 35.5. The third-order valence-electron chi connectivity index (χ3n) is 4.98. The maximum Gasteiger partial charge on any atom is 0.0595 e. The number of aryl methyl sites for hydroxylation is 2. The third-order valence-corrected chi connectivity index (χ3v) is 6.83. The van der Waals surface area contributed by atoms with E-state index in [-0.39, 0.29) is 0 Å². The van der Waals surface area contributed by atoms with Gasteiger partial charge in [-0.25, -0.2) is 0 Å². The largest absolute Gasteiger partial charge is 0.342 e. The number of thioether (sulfide) groups is 1. The van der Waals surface area contributed by atoms with Crippen molar-refractivity contribution in [3.05, 3.63) is 99.2 Å². The molecule has 4 heteroatoms. The first-order valence-corrected chi connectivity index (χ1v) is 11.0. The topological polar surface area (TPSA) is 4.93 Å². The van der Waals surface area contributed by atoms with Crippen LogP contribution in [-0.4, -0.2) is 4.57 Å². The molecule has 0 aliphatic carbocycles. The molecule has 28 heavy (non-hydrogen) atoms. The second kappa shape index (κ2) is 8.24. The van der Waals surface area contributed by atoms with Crippen LogP contribution in [0.5, 0.6) is 0 Å². The molecule has 0 N–H and O–H groups in total. The predicted octanol–water partition coefficient (Wildman–Crippen LogP) is 7.91. The van der Waals surface area contributed by atoms with E-state index in [0.29, 0.717) is 10.0 Å². The Bertz CT molecular complexity index is 1150. The maximum atomic E-state index is 6.17. The minimum absolute atomic E-state index is 0.598. The number of fused-ring (bicyclic) bond motifs is 1. The average Bonchev–Trinajstić information content (AvgIpc) is 3.03. The highest BCUT2D eigenvalue weighted by Crippen LogP contribution is 2.34. The number of aromatic nitrogens is 1. The van der Waals surface area contributed by atoms with E-state index in [1.165, 1.54) is 38.1 Å². The van der Waals surface area contributed by atoms with E-state index in [0.717, 1.165) is 12.3 Å². The van der Waals surface area contributed by atoms with Gasteiger partial charge in [-0.3, -0.25) is 0 Å². The summed E-state index contributed by atoms with van der Waals surface area (Å²) in [7, 11) is 0. The molecule has 3 aromatic carbocycles. The zero-order valence-electron chi connectivity index (χ0n) is 15.9. The lowest BCUT2D eigenvalue weighted by Crippen LogP contribution is -2.00. The average molecular weight is 426 g/mol. The highest BCUT2D eigenvalue weighted by molar-refractivity contribution is 7.98. The molecule has 0 radical (unpaired) electrons. The van der Waals surface area contributed by atoms with Gasteiger partial charge in [0.15, 0.2) is 0 Å². The van der Waals surface area contributed by atoms with Crippen LogP contribution < -0.4 is 0 Å². The van der Waals surface area contributed by atoms with Crippen LogP contribution in [0.2, 0.25) is 10.0 Å². The van der Waals surface area contributed by atoms with Crippen LogP contribution in [0.25, 0.3) is 10.9 Å². The third kappa shape index (κ3) is 4.10. The van der Waals surface area contributed by atoms with Crippen LogP contribution in [-0.2, 0) is 12.3 Å². The fourth-order valence-corrected chi connectivity index (χ4v) is 4.76. The molecule has 0 saturated heterocycles. The van der Waals surface area contributed by atoms with Gasteiger partial charge in [0.2, 0.25) is 0 Å². The summed E-state index contributed by atoms with van der Waals surface area (Å²) in [4.78, 5) is 1.28. The SMILES string of the molecule is Cc1ccc(C)c(Cn2cc(SCc3ccc(Cl)c(Cl)c3)c3ccccc32)c1. The van der Waals surface area contributed by atoms with Crippen molar-refractivity contribution in [3.8, 4) is 0 Å². The molecule has 0 atom stereocenters. The molecule has 1 heterocycles. The molecule has 4 aromatic rings. The molecular formula is C24H21Cl2NS. The Kier molecular flexibility index (Phi) is 5.73. The summed E-state index contributed by atoms with van der Waals surface area (Å²) < 4.78 is 2.36. The summed E-state index contributed by atoms with van der Waals surface area (Å²) in [6.07, 6.45) is 2.27. The number of rotatable bonds is 5. The van der Waals surface area contributed by atoms with Gasteiger partial charge in [-0.15, -0.1) is 11.8 Å². The predicted molar refractivity (Wildman–Crippen MR) is 123 cm³/mol. The Morgan fingerprint density at radius 2 is 1.71 bits per heavy atom. The highest BCUT2D eigenvalue weighted by Gasteiger charge is 2.11. The normalized spacial score (nSPS) is 11.3. The summed E-state index contributed by atoms with van der Waals surface area (Å²) in [6, 6.07) is 21.1. The molecule has 4 rings (SSSR count). The van der Waals surface area contributed by atoms with E-state index in [1.807, 2.05) is 30.0 Å². The van der Waals surface area contributed by atoms with Crippen LogP contribution in [0, 0.1) is 13.8 Å². The summed E-state index contributed by atoms with van der Waals surface area (Å²) in [5, 5.41) is 2.50. The Balaban J connectivity index is 1.64. The number of nitrogens with zero attached hydrogens (tertiary/aromatic N) is 1. The number of hydrogen-bond acceptors (Lipinski definition) is 1.